The number of carbonyl (C=O) groups is 3. The van der Waals surface area contributed by atoms with E-state index in [9.17, 15) is 23.9 Å². The minimum atomic E-state index is -1.23. The van der Waals surface area contributed by atoms with Crippen LogP contribution < -0.4 is 10.4 Å². The predicted octanol–water partition coefficient (Wildman–Crippen LogP) is 3.23. The molecule has 1 fully saturated rings. The summed E-state index contributed by atoms with van der Waals surface area (Å²) in [6, 6.07) is 5.65. The Bertz CT molecular complexity index is 908. The summed E-state index contributed by atoms with van der Waals surface area (Å²) in [7, 11) is 0. The largest absolute Gasteiger partial charge is 0.550 e. The maximum absolute atomic E-state index is 13.3. The highest BCUT2D eigenvalue weighted by molar-refractivity contribution is 7.15. The van der Waals surface area contributed by atoms with E-state index in [1.807, 2.05) is 0 Å². The van der Waals surface area contributed by atoms with Crippen molar-refractivity contribution in [3.05, 3.63) is 41.0 Å². The number of carboxylic acid groups (broad SMARTS) is 1. The summed E-state index contributed by atoms with van der Waals surface area (Å²) in [5.41, 5.74) is 1.30. The number of thiophene rings is 1. The zero-order valence-electron chi connectivity index (χ0n) is 15.9. The minimum absolute atomic E-state index is 0.153. The zero-order chi connectivity index (χ0) is 21.0. The van der Waals surface area contributed by atoms with Crippen LogP contribution in [0.4, 0.5) is 9.39 Å². The van der Waals surface area contributed by atoms with Gasteiger partial charge in [-0.15, -0.1) is 11.3 Å². The van der Waals surface area contributed by atoms with E-state index < -0.39 is 35.5 Å². The van der Waals surface area contributed by atoms with E-state index in [0.29, 0.717) is 24.0 Å². The fraction of sp³-hybridized carbons (Fsp3) is 0.381. The van der Waals surface area contributed by atoms with Gasteiger partial charge in [0.2, 0.25) is 5.91 Å². The van der Waals surface area contributed by atoms with Crippen molar-refractivity contribution in [3.63, 3.8) is 0 Å². The number of rotatable bonds is 6. The lowest BCUT2D eigenvalue weighted by Gasteiger charge is -2.31. The van der Waals surface area contributed by atoms with Crippen LogP contribution in [0.5, 0.6) is 0 Å². The monoisotopic (exact) mass is 418 g/mol. The molecule has 1 aromatic carbocycles. The zero-order valence-corrected chi connectivity index (χ0v) is 16.7. The molecule has 0 bridgehead atoms. The van der Waals surface area contributed by atoms with Crippen LogP contribution in [-0.4, -0.2) is 24.5 Å². The number of anilines is 1. The minimum Gasteiger partial charge on any atom is -0.550 e. The van der Waals surface area contributed by atoms with Crippen molar-refractivity contribution >= 4 is 34.2 Å². The Kier molecular flexibility index (Phi) is 6.64. The molecule has 0 spiro atoms. The van der Waals surface area contributed by atoms with Gasteiger partial charge in [-0.2, -0.15) is 0 Å². The molecule has 29 heavy (non-hydrogen) atoms. The lowest BCUT2D eigenvalue weighted by molar-refractivity contribution is -0.313. The van der Waals surface area contributed by atoms with Gasteiger partial charge in [0.15, 0.2) is 0 Å². The maximum Gasteiger partial charge on any atom is 0.341 e. The van der Waals surface area contributed by atoms with Crippen LogP contribution >= 0.6 is 11.3 Å². The van der Waals surface area contributed by atoms with Crippen molar-refractivity contribution in [2.45, 2.75) is 32.6 Å². The van der Waals surface area contributed by atoms with Crippen molar-refractivity contribution in [3.8, 4) is 11.1 Å². The molecule has 6 nitrogen and oxygen atoms in total. The second-order valence-electron chi connectivity index (χ2n) is 6.89. The number of hydrogen-bond donors (Lipinski definition) is 1. The van der Waals surface area contributed by atoms with Crippen molar-refractivity contribution in [1.82, 2.24) is 0 Å². The Labute approximate surface area is 171 Å². The average molecular weight is 418 g/mol. The third-order valence-electron chi connectivity index (χ3n) is 5.07. The Morgan fingerprint density at radius 2 is 1.83 bits per heavy atom. The number of benzene rings is 1. The first kappa shape index (κ1) is 21.0. The Morgan fingerprint density at radius 1 is 1.17 bits per heavy atom. The van der Waals surface area contributed by atoms with Crippen LogP contribution in [0.3, 0.4) is 0 Å². The van der Waals surface area contributed by atoms with Gasteiger partial charge in [0.1, 0.15) is 16.4 Å². The van der Waals surface area contributed by atoms with Gasteiger partial charge >= 0.3 is 5.97 Å². The maximum atomic E-state index is 13.3. The van der Waals surface area contributed by atoms with E-state index in [1.165, 1.54) is 12.1 Å². The van der Waals surface area contributed by atoms with Gasteiger partial charge in [-0.1, -0.05) is 25.0 Å². The van der Waals surface area contributed by atoms with Gasteiger partial charge in [-0.25, -0.2) is 9.18 Å². The van der Waals surface area contributed by atoms with Crippen molar-refractivity contribution in [2.24, 2.45) is 11.8 Å². The van der Waals surface area contributed by atoms with Gasteiger partial charge in [-0.05, 0) is 37.5 Å². The smallest absolute Gasteiger partial charge is 0.341 e. The summed E-state index contributed by atoms with van der Waals surface area (Å²) >= 11 is 1.14. The quantitative estimate of drug-likeness (QED) is 0.727. The Morgan fingerprint density at radius 3 is 2.45 bits per heavy atom. The highest BCUT2D eigenvalue weighted by atomic mass is 32.1. The normalized spacial score (nSPS) is 18.8. The first-order valence-electron chi connectivity index (χ1n) is 9.48. The van der Waals surface area contributed by atoms with E-state index in [4.69, 9.17) is 4.74 Å². The number of esters is 1. The molecule has 1 saturated carbocycles. The molecule has 1 heterocycles. The van der Waals surface area contributed by atoms with Crippen molar-refractivity contribution in [1.29, 1.82) is 0 Å². The highest BCUT2D eigenvalue weighted by Crippen LogP contribution is 2.38. The second kappa shape index (κ2) is 9.17. The van der Waals surface area contributed by atoms with Gasteiger partial charge in [0.25, 0.3) is 0 Å². The number of carbonyl (C=O) groups excluding carboxylic acids is 3. The van der Waals surface area contributed by atoms with Crippen LogP contribution in [0.1, 0.15) is 43.0 Å². The SMILES string of the molecule is CCOC(=O)c1c(-c2ccc(F)cc2)csc1NC(=O)C1CCCCC1C(=O)[O-]. The lowest BCUT2D eigenvalue weighted by Crippen LogP contribution is -2.42. The second-order valence-corrected chi connectivity index (χ2v) is 7.77. The molecule has 2 unspecified atom stereocenters. The molecule has 1 N–H and O–H groups in total. The number of nitrogens with one attached hydrogen (secondary N) is 1. The van der Waals surface area contributed by atoms with Crippen LogP contribution in [0.25, 0.3) is 11.1 Å². The number of amides is 1. The van der Waals surface area contributed by atoms with Gasteiger partial charge in [-0.3, -0.25) is 4.79 Å². The van der Waals surface area contributed by atoms with E-state index >= 15 is 0 Å². The summed E-state index contributed by atoms with van der Waals surface area (Å²) < 4.78 is 18.4. The van der Waals surface area contributed by atoms with Crippen LogP contribution in [-0.2, 0) is 14.3 Å². The topological polar surface area (TPSA) is 95.5 Å². The molecule has 1 aliphatic rings. The molecule has 2 aromatic rings. The van der Waals surface area contributed by atoms with Crippen LogP contribution in [0.15, 0.2) is 29.6 Å². The van der Waals surface area contributed by atoms with E-state index in [1.54, 1.807) is 24.4 Å². The number of ether oxygens (including phenoxy) is 1. The molecule has 1 amide bonds. The summed E-state index contributed by atoms with van der Waals surface area (Å²) in [5, 5.41) is 16.1. The molecular formula is C21H21FNO5S-. The molecular weight excluding hydrogens is 397 g/mol. The molecule has 1 aliphatic carbocycles. The first-order chi connectivity index (χ1) is 13.9. The molecule has 1 aromatic heterocycles. The molecule has 2 atom stereocenters. The molecule has 0 radical (unpaired) electrons. The first-order valence-corrected chi connectivity index (χ1v) is 10.4. The average Bonchev–Trinajstić information content (AvgIpc) is 3.12. The molecule has 8 heteroatoms. The van der Waals surface area contributed by atoms with E-state index in [-0.39, 0.29) is 17.2 Å². The lowest BCUT2D eigenvalue weighted by atomic mass is 9.79. The molecule has 154 valence electrons. The highest BCUT2D eigenvalue weighted by Gasteiger charge is 2.33. The van der Waals surface area contributed by atoms with Gasteiger partial charge < -0.3 is 20.0 Å². The van der Waals surface area contributed by atoms with Gasteiger partial charge in [0, 0.05) is 28.7 Å². The number of halogens is 1. The third-order valence-corrected chi connectivity index (χ3v) is 5.96. The molecule has 0 saturated heterocycles. The number of carboxylic acids is 1. The summed E-state index contributed by atoms with van der Waals surface area (Å²) in [6.07, 6.45) is 2.36. The summed E-state index contributed by atoms with van der Waals surface area (Å²) in [5.74, 6) is -4.23. The molecule has 0 aliphatic heterocycles. The fourth-order valence-electron chi connectivity index (χ4n) is 3.63. The van der Waals surface area contributed by atoms with Crippen LogP contribution in [0, 0.1) is 17.7 Å². The standard InChI is InChI=1S/C21H22FNO5S/c1-2-28-21(27)17-16(12-7-9-13(22)10-8-12)11-29-19(17)23-18(24)14-5-3-4-6-15(14)20(25)26/h7-11,14-15H,2-6H2,1H3,(H,23,24)(H,25,26)/p-1. The Balaban J connectivity index is 1.92. The van der Waals surface area contributed by atoms with Crippen molar-refractivity contribution in [2.75, 3.05) is 11.9 Å². The molecule has 3 rings (SSSR count). The predicted molar refractivity (Wildman–Crippen MR) is 105 cm³/mol. The van der Waals surface area contributed by atoms with E-state index in [2.05, 4.69) is 5.32 Å². The Hall–Kier alpha value is -2.74. The van der Waals surface area contributed by atoms with Crippen molar-refractivity contribution < 1.29 is 28.6 Å². The number of aliphatic carboxylic acids is 1. The van der Waals surface area contributed by atoms with Crippen LogP contribution in [0.2, 0.25) is 0 Å². The summed E-state index contributed by atoms with van der Waals surface area (Å²) in [6.45, 7) is 1.83. The van der Waals surface area contributed by atoms with E-state index in [0.717, 1.165) is 24.2 Å². The third kappa shape index (κ3) is 4.64. The fourth-order valence-corrected chi connectivity index (χ4v) is 4.59. The summed E-state index contributed by atoms with van der Waals surface area (Å²) in [4.78, 5) is 36.8. The number of hydrogen-bond acceptors (Lipinski definition) is 6. The van der Waals surface area contributed by atoms with Gasteiger partial charge in [0.05, 0.1) is 6.61 Å².